The summed E-state index contributed by atoms with van der Waals surface area (Å²) >= 11 is 0. The molecular formula is C23H33O5-. The van der Waals surface area contributed by atoms with Gasteiger partial charge in [0.05, 0.1) is 18.0 Å². The highest BCUT2D eigenvalue weighted by atomic mass is 16.5. The van der Waals surface area contributed by atoms with E-state index in [0.29, 0.717) is 37.9 Å². The number of carboxylic acid groups (broad SMARTS) is 1. The molecular weight excluding hydrogens is 356 g/mol. The first-order chi connectivity index (χ1) is 13.3. The summed E-state index contributed by atoms with van der Waals surface area (Å²) in [6.45, 7) is 7.09. The van der Waals surface area contributed by atoms with Gasteiger partial charge in [0.25, 0.3) is 0 Å². The molecule has 4 rings (SSSR count). The Kier molecular flexibility index (Phi) is 4.78. The molecule has 0 radical (unpaired) electrons. The highest BCUT2D eigenvalue weighted by Gasteiger charge is 2.81. The lowest BCUT2D eigenvalue weighted by atomic mass is 9.43. The molecule has 0 heterocycles. The van der Waals surface area contributed by atoms with Gasteiger partial charge in [0.1, 0.15) is 6.29 Å². The van der Waals surface area contributed by atoms with Crippen LogP contribution in [-0.4, -0.2) is 37.2 Å². The van der Waals surface area contributed by atoms with Crippen molar-refractivity contribution in [2.45, 2.75) is 52.9 Å². The standard InChI is InChI=1S/C23H34O5/c1-14(2)19-9-16-10-21(12-25)18-6-5-15(3)17(18)11-22(16,13-28-8-4-7-24)23(19,21)20(26)27/h9,12,14-18,24H,4-8,10-11,13H2,1-3H3,(H,26,27)/p-1. The number of rotatable bonds is 8. The molecule has 0 saturated heterocycles. The van der Waals surface area contributed by atoms with Crippen LogP contribution in [0, 0.1) is 45.8 Å². The van der Waals surface area contributed by atoms with E-state index in [2.05, 4.69) is 13.0 Å². The number of hydrogen-bond donors (Lipinski definition) is 1. The van der Waals surface area contributed by atoms with Crippen molar-refractivity contribution < 1.29 is 24.5 Å². The fourth-order valence-electron chi connectivity index (χ4n) is 8.03. The molecule has 3 fully saturated rings. The van der Waals surface area contributed by atoms with E-state index in [1.807, 2.05) is 13.8 Å². The number of fused-ring (bicyclic) bond motifs is 2. The zero-order chi connectivity index (χ0) is 20.3. The summed E-state index contributed by atoms with van der Waals surface area (Å²) in [7, 11) is 0. The third-order valence-electron chi connectivity index (χ3n) is 8.91. The third-order valence-corrected chi connectivity index (χ3v) is 8.91. The van der Waals surface area contributed by atoms with E-state index in [-0.39, 0.29) is 24.4 Å². The normalized spacial score (nSPS) is 46.0. The van der Waals surface area contributed by atoms with Gasteiger partial charge < -0.3 is 24.5 Å². The Labute approximate surface area is 167 Å². The molecule has 3 saturated carbocycles. The highest BCUT2D eigenvalue weighted by Crippen LogP contribution is 2.82. The first kappa shape index (κ1) is 20.1. The number of aliphatic carboxylic acids is 1. The van der Waals surface area contributed by atoms with Crippen LogP contribution in [0.1, 0.15) is 52.9 Å². The van der Waals surface area contributed by atoms with Gasteiger partial charge in [-0.25, -0.2) is 0 Å². The number of carbonyl (C=O) groups excluding carboxylic acids is 2. The van der Waals surface area contributed by atoms with Crippen molar-refractivity contribution in [3.05, 3.63) is 11.6 Å². The SMILES string of the molecule is CC(C)C1=CC2CC3(C=O)C4CCC(C)C4CC2(COCCCO)C13C(=O)[O-]. The van der Waals surface area contributed by atoms with Crippen LogP contribution in [0.4, 0.5) is 0 Å². The minimum absolute atomic E-state index is 0.0416. The maximum absolute atomic E-state index is 13.0. The summed E-state index contributed by atoms with van der Waals surface area (Å²) in [6.07, 6.45) is 7.08. The predicted octanol–water partition coefficient (Wildman–Crippen LogP) is 1.98. The quantitative estimate of drug-likeness (QED) is 0.390. The van der Waals surface area contributed by atoms with Gasteiger partial charge in [0.2, 0.25) is 0 Å². The van der Waals surface area contributed by atoms with Gasteiger partial charge in [-0.2, -0.15) is 0 Å². The molecule has 1 N–H and O–H groups in total. The molecule has 5 heteroatoms. The van der Waals surface area contributed by atoms with Crippen LogP contribution in [0.5, 0.6) is 0 Å². The number of carboxylic acids is 1. The van der Waals surface area contributed by atoms with E-state index in [1.165, 1.54) is 0 Å². The van der Waals surface area contributed by atoms with Gasteiger partial charge in [-0.1, -0.05) is 38.8 Å². The van der Waals surface area contributed by atoms with Gasteiger partial charge in [-0.05, 0) is 55.3 Å². The summed E-state index contributed by atoms with van der Waals surface area (Å²) in [6, 6.07) is 0. The fraction of sp³-hybridized carbons (Fsp3) is 0.826. The Morgan fingerprint density at radius 3 is 2.75 bits per heavy atom. The van der Waals surface area contributed by atoms with Crippen LogP contribution in [0.2, 0.25) is 0 Å². The first-order valence-corrected chi connectivity index (χ1v) is 10.9. The number of ether oxygens (including phenoxy) is 1. The minimum atomic E-state index is -1.26. The molecule has 7 atom stereocenters. The van der Waals surface area contributed by atoms with Crippen molar-refractivity contribution in [1.82, 2.24) is 0 Å². The molecule has 0 aliphatic heterocycles. The molecule has 4 bridgehead atoms. The van der Waals surface area contributed by atoms with E-state index in [9.17, 15) is 14.7 Å². The van der Waals surface area contributed by atoms with Crippen LogP contribution in [0.25, 0.3) is 0 Å². The molecule has 7 unspecified atom stereocenters. The lowest BCUT2D eigenvalue weighted by Crippen LogP contribution is -2.66. The molecule has 5 nitrogen and oxygen atoms in total. The minimum Gasteiger partial charge on any atom is -0.549 e. The largest absolute Gasteiger partial charge is 0.549 e. The summed E-state index contributed by atoms with van der Waals surface area (Å²) in [5, 5.41) is 22.1. The molecule has 0 aromatic rings. The fourth-order valence-corrected chi connectivity index (χ4v) is 8.03. The van der Waals surface area contributed by atoms with Gasteiger partial charge >= 0.3 is 0 Å². The number of allylic oxidation sites excluding steroid dienone is 1. The molecule has 0 aromatic heterocycles. The summed E-state index contributed by atoms with van der Waals surface area (Å²) in [5.41, 5.74) is -1.86. The van der Waals surface area contributed by atoms with Crippen molar-refractivity contribution in [2.75, 3.05) is 19.8 Å². The smallest absolute Gasteiger partial charge is 0.127 e. The molecule has 0 amide bonds. The Morgan fingerprint density at radius 2 is 2.14 bits per heavy atom. The van der Waals surface area contributed by atoms with Gasteiger partial charge in [0, 0.05) is 24.0 Å². The Bertz CT molecular complexity index is 699. The Morgan fingerprint density at radius 1 is 1.39 bits per heavy atom. The lowest BCUT2D eigenvalue weighted by Gasteiger charge is -2.61. The maximum Gasteiger partial charge on any atom is 0.127 e. The van der Waals surface area contributed by atoms with Gasteiger partial charge in [-0.15, -0.1) is 0 Å². The van der Waals surface area contributed by atoms with Crippen LogP contribution in [-0.2, 0) is 14.3 Å². The van der Waals surface area contributed by atoms with E-state index < -0.39 is 22.2 Å². The van der Waals surface area contributed by atoms with E-state index in [0.717, 1.165) is 31.1 Å². The Balaban J connectivity index is 1.88. The number of aliphatic hydroxyl groups is 1. The first-order valence-electron chi connectivity index (χ1n) is 10.9. The average molecular weight is 390 g/mol. The highest BCUT2D eigenvalue weighted by molar-refractivity contribution is 5.89. The number of carbonyl (C=O) groups is 2. The van der Waals surface area contributed by atoms with Crippen LogP contribution in [0.3, 0.4) is 0 Å². The van der Waals surface area contributed by atoms with Crippen molar-refractivity contribution >= 4 is 12.3 Å². The van der Waals surface area contributed by atoms with Crippen molar-refractivity contribution in [2.24, 2.45) is 45.8 Å². The van der Waals surface area contributed by atoms with Crippen LogP contribution < -0.4 is 5.11 Å². The van der Waals surface area contributed by atoms with Gasteiger partial charge in [-0.3, -0.25) is 0 Å². The second-order valence-electron chi connectivity index (χ2n) is 10.1. The number of aliphatic hydroxyl groups excluding tert-OH is 1. The van der Waals surface area contributed by atoms with Crippen LogP contribution >= 0.6 is 0 Å². The zero-order valence-corrected chi connectivity index (χ0v) is 17.3. The Hall–Kier alpha value is -1.20. The topological polar surface area (TPSA) is 86.7 Å². The summed E-state index contributed by atoms with van der Waals surface area (Å²) < 4.78 is 5.99. The summed E-state index contributed by atoms with van der Waals surface area (Å²) in [5.74, 6) is -0.00171. The van der Waals surface area contributed by atoms with Crippen molar-refractivity contribution in [1.29, 1.82) is 0 Å². The molecule has 4 aliphatic carbocycles. The molecule has 0 spiro atoms. The molecule has 0 aromatic carbocycles. The molecule has 156 valence electrons. The van der Waals surface area contributed by atoms with E-state index in [4.69, 9.17) is 9.84 Å². The monoisotopic (exact) mass is 389 g/mol. The van der Waals surface area contributed by atoms with Crippen molar-refractivity contribution in [3.8, 4) is 0 Å². The number of hydrogen-bond acceptors (Lipinski definition) is 5. The zero-order valence-electron chi connectivity index (χ0n) is 17.3. The molecule has 4 aliphatic rings. The second-order valence-corrected chi connectivity index (χ2v) is 10.1. The predicted molar refractivity (Wildman–Crippen MR) is 102 cm³/mol. The lowest BCUT2D eigenvalue weighted by molar-refractivity contribution is -0.332. The molecule has 28 heavy (non-hydrogen) atoms. The van der Waals surface area contributed by atoms with Gasteiger partial charge in [0.15, 0.2) is 0 Å². The van der Waals surface area contributed by atoms with Crippen molar-refractivity contribution in [3.63, 3.8) is 0 Å². The van der Waals surface area contributed by atoms with Crippen LogP contribution in [0.15, 0.2) is 11.6 Å². The number of aldehydes is 1. The van der Waals surface area contributed by atoms with E-state index in [1.54, 1.807) is 0 Å². The second kappa shape index (κ2) is 6.66. The maximum atomic E-state index is 13.0. The summed E-state index contributed by atoms with van der Waals surface area (Å²) in [4.78, 5) is 25.8. The average Bonchev–Trinajstić information content (AvgIpc) is 3.22. The van der Waals surface area contributed by atoms with E-state index >= 15 is 0 Å². The third kappa shape index (κ3) is 2.10.